The largest absolute Gasteiger partial charge is 0.446 e. The van der Waals surface area contributed by atoms with E-state index in [0.29, 0.717) is 17.8 Å². The lowest BCUT2D eigenvalue weighted by Gasteiger charge is -2.18. The maximum atomic E-state index is 11.7. The zero-order valence-electron chi connectivity index (χ0n) is 10.6. The van der Waals surface area contributed by atoms with Gasteiger partial charge in [-0.25, -0.2) is 4.79 Å². The van der Waals surface area contributed by atoms with E-state index in [4.69, 9.17) is 15.7 Å². The second-order valence-corrected chi connectivity index (χ2v) is 4.68. The fraction of sp³-hybridized carbons (Fsp3) is 0.429. The average Bonchev–Trinajstić information content (AvgIpc) is 2.86. The van der Waals surface area contributed by atoms with Crippen molar-refractivity contribution >= 4 is 11.8 Å². The molecule has 2 rings (SSSR count). The Morgan fingerprint density at radius 2 is 2.16 bits per heavy atom. The number of amides is 1. The summed E-state index contributed by atoms with van der Waals surface area (Å²) in [4.78, 5) is 11.7. The molecule has 5 heteroatoms. The number of nitriles is 1. The molecule has 100 valence electrons. The molecule has 1 amide bonds. The van der Waals surface area contributed by atoms with Gasteiger partial charge in [0.25, 0.3) is 0 Å². The highest BCUT2D eigenvalue weighted by atomic mass is 16.6. The van der Waals surface area contributed by atoms with Gasteiger partial charge in [0.15, 0.2) is 0 Å². The van der Waals surface area contributed by atoms with Gasteiger partial charge >= 0.3 is 6.09 Å². The van der Waals surface area contributed by atoms with Crippen LogP contribution in [0.4, 0.5) is 10.5 Å². The van der Waals surface area contributed by atoms with Crippen LogP contribution in [-0.2, 0) is 4.74 Å². The summed E-state index contributed by atoms with van der Waals surface area (Å²) in [5, 5.41) is 11.3. The second kappa shape index (κ2) is 6.21. The minimum Gasteiger partial charge on any atom is -0.446 e. The van der Waals surface area contributed by atoms with Gasteiger partial charge in [-0.2, -0.15) is 5.26 Å². The minimum absolute atomic E-state index is 0.0802. The lowest BCUT2D eigenvalue weighted by molar-refractivity contribution is 0.0893. The van der Waals surface area contributed by atoms with Gasteiger partial charge in [-0.15, -0.1) is 0 Å². The molecule has 0 heterocycles. The van der Waals surface area contributed by atoms with Crippen molar-refractivity contribution in [1.29, 1.82) is 5.26 Å². The quantitative estimate of drug-likeness (QED) is 0.871. The molecule has 1 aromatic carbocycles. The van der Waals surface area contributed by atoms with Crippen molar-refractivity contribution < 1.29 is 9.53 Å². The van der Waals surface area contributed by atoms with Crippen LogP contribution in [0.25, 0.3) is 0 Å². The third-order valence-corrected chi connectivity index (χ3v) is 3.41. The normalized spacial score (nSPS) is 21.7. The molecular formula is C14H17N3O2. The zero-order valence-corrected chi connectivity index (χ0v) is 10.6. The van der Waals surface area contributed by atoms with E-state index in [2.05, 4.69) is 5.32 Å². The number of hydrogen-bond acceptors (Lipinski definition) is 4. The Labute approximate surface area is 112 Å². The van der Waals surface area contributed by atoms with Crippen LogP contribution in [-0.4, -0.2) is 18.7 Å². The van der Waals surface area contributed by atoms with E-state index >= 15 is 0 Å². The Morgan fingerprint density at radius 1 is 1.42 bits per heavy atom. The lowest BCUT2D eigenvalue weighted by atomic mass is 10.1. The van der Waals surface area contributed by atoms with Crippen molar-refractivity contribution in [2.75, 3.05) is 11.9 Å². The molecule has 19 heavy (non-hydrogen) atoms. The first-order valence-corrected chi connectivity index (χ1v) is 6.41. The molecule has 2 atom stereocenters. The van der Waals surface area contributed by atoms with E-state index in [9.17, 15) is 4.79 Å². The van der Waals surface area contributed by atoms with Crippen LogP contribution in [0, 0.1) is 17.2 Å². The molecular weight excluding hydrogens is 242 g/mol. The van der Waals surface area contributed by atoms with Crippen molar-refractivity contribution in [2.24, 2.45) is 11.7 Å². The van der Waals surface area contributed by atoms with Gasteiger partial charge in [0, 0.05) is 11.6 Å². The molecule has 1 saturated carbocycles. The van der Waals surface area contributed by atoms with Gasteiger partial charge in [0.1, 0.15) is 6.10 Å². The fourth-order valence-corrected chi connectivity index (χ4v) is 2.34. The van der Waals surface area contributed by atoms with Gasteiger partial charge in [-0.05, 0) is 50.1 Å². The Kier molecular flexibility index (Phi) is 4.37. The Bertz CT molecular complexity index is 478. The molecule has 0 saturated heterocycles. The smallest absolute Gasteiger partial charge is 0.411 e. The Balaban J connectivity index is 1.88. The van der Waals surface area contributed by atoms with E-state index in [0.717, 1.165) is 19.3 Å². The topological polar surface area (TPSA) is 88.1 Å². The summed E-state index contributed by atoms with van der Waals surface area (Å²) in [6.07, 6.45) is 2.41. The molecule has 2 unspecified atom stereocenters. The first-order chi connectivity index (χ1) is 9.22. The SMILES string of the molecule is N#Cc1ccc(NC(=O)OC2CCCC2CN)cc1. The van der Waals surface area contributed by atoms with Crippen LogP contribution in [0.5, 0.6) is 0 Å². The van der Waals surface area contributed by atoms with Crippen LogP contribution in [0.1, 0.15) is 24.8 Å². The summed E-state index contributed by atoms with van der Waals surface area (Å²) in [5.41, 5.74) is 6.81. The third kappa shape index (κ3) is 3.46. The maximum Gasteiger partial charge on any atom is 0.411 e. The molecule has 0 aliphatic heterocycles. The molecule has 0 bridgehead atoms. The monoisotopic (exact) mass is 259 g/mol. The van der Waals surface area contributed by atoms with Crippen LogP contribution in [0.15, 0.2) is 24.3 Å². The zero-order chi connectivity index (χ0) is 13.7. The minimum atomic E-state index is -0.463. The molecule has 1 aliphatic carbocycles. The Hall–Kier alpha value is -2.06. The summed E-state index contributed by atoms with van der Waals surface area (Å²) in [6.45, 7) is 0.550. The van der Waals surface area contributed by atoms with Crippen molar-refractivity contribution in [3.05, 3.63) is 29.8 Å². The Morgan fingerprint density at radius 3 is 2.79 bits per heavy atom. The standard InChI is InChI=1S/C14H17N3O2/c15-8-10-4-6-12(7-5-10)17-14(18)19-13-3-1-2-11(13)9-16/h4-7,11,13H,1-3,9,16H2,(H,17,18). The molecule has 5 nitrogen and oxygen atoms in total. The molecule has 1 aromatic rings. The maximum absolute atomic E-state index is 11.7. The summed E-state index contributed by atoms with van der Waals surface area (Å²) < 4.78 is 5.38. The van der Waals surface area contributed by atoms with E-state index in [1.54, 1.807) is 24.3 Å². The first kappa shape index (κ1) is 13.4. The van der Waals surface area contributed by atoms with Crippen molar-refractivity contribution in [1.82, 2.24) is 0 Å². The number of hydrogen-bond donors (Lipinski definition) is 2. The molecule has 0 radical (unpaired) electrons. The predicted octanol–water partition coefficient (Wildman–Crippen LogP) is 2.23. The second-order valence-electron chi connectivity index (χ2n) is 4.68. The summed E-state index contributed by atoms with van der Waals surface area (Å²) in [5.74, 6) is 0.270. The highest BCUT2D eigenvalue weighted by Gasteiger charge is 2.29. The third-order valence-electron chi connectivity index (χ3n) is 3.41. The number of rotatable bonds is 3. The van der Waals surface area contributed by atoms with Gasteiger partial charge in [-0.1, -0.05) is 0 Å². The number of nitrogens with one attached hydrogen (secondary N) is 1. The van der Waals surface area contributed by atoms with Gasteiger partial charge in [-0.3, -0.25) is 5.32 Å². The number of benzene rings is 1. The lowest BCUT2D eigenvalue weighted by Crippen LogP contribution is -2.29. The van der Waals surface area contributed by atoms with Crippen molar-refractivity contribution in [3.8, 4) is 6.07 Å². The van der Waals surface area contributed by atoms with Crippen molar-refractivity contribution in [2.45, 2.75) is 25.4 Å². The number of carbonyl (C=O) groups is 1. The summed E-state index contributed by atoms with van der Waals surface area (Å²) in [7, 11) is 0. The average molecular weight is 259 g/mol. The number of carbonyl (C=O) groups excluding carboxylic acids is 1. The highest BCUT2D eigenvalue weighted by molar-refractivity contribution is 5.84. The van der Waals surface area contributed by atoms with Crippen LogP contribution in [0.3, 0.4) is 0 Å². The molecule has 1 aliphatic rings. The van der Waals surface area contributed by atoms with E-state index in [-0.39, 0.29) is 12.0 Å². The number of anilines is 1. The van der Waals surface area contributed by atoms with Gasteiger partial charge < -0.3 is 10.5 Å². The van der Waals surface area contributed by atoms with Gasteiger partial charge in [0.2, 0.25) is 0 Å². The van der Waals surface area contributed by atoms with E-state index in [1.807, 2.05) is 6.07 Å². The highest BCUT2D eigenvalue weighted by Crippen LogP contribution is 2.27. The predicted molar refractivity (Wildman–Crippen MR) is 71.4 cm³/mol. The van der Waals surface area contributed by atoms with E-state index in [1.165, 1.54) is 0 Å². The van der Waals surface area contributed by atoms with Gasteiger partial charge in [0.05, 0.1) is 11.6 Å². The first-order valence-electron chi connectivity index (χ1n) is 6.41. The molecule has 0 aromatic heterocycles. The summed E-state index contributed by atoms with van der Waals surface area (Å²) >= 11 is 0. The number of nitrogens with two attached hydrogens (primary N) is 1. The fourth-order valence-electron chi connectivity index (χ4n) is 2.34. The molecule has 1 fully saturated rings. The molecule has 3 N–H and O–H groups in total. The summed E-state index contributed by atoms with van der Waals surface area (Å²) in [6, 6.07) is 8.67. The van der Waals surface area contributed by atoms with Crippen LogP contribution in [0.2, 0.25) is 0 Å². The number of ether oxygens (including phenoxy) is 1. The number of nitrogens with zero attached hydrogens (tertiary/aromatic N) is 1. The van der Waals surface area contributed by atoms with Crippen LogP contribution < -0.4 is 11.1 Å². The van der Waals surface area contributed by atoms with E-state index < -0.39 is 6.09 Å². The van der Waals surface area contributed by atoms with Crippen LogP contribution >= 0.6 is 0 Å². The van der Waals surface area contributed by atoms with Crippen molar-refractivity contribution in [3.63, 3.8) is 0 Å². The molecule has 0 spiro atoms.